The highest BCUT2D eigenvalue weighted by atomic mass is 32.1. The third-order valence-corrected chi connectivity index (χ3v) is 4.67. The number of hydrogen-bond donors (Lipinski definition) is 1. The highest BCUT2D eigenvalue weighted by molar-refractivity contribution is 7.12. The molecule has 0 aliphatic rings. The SMILES string of the molecule is CCNC(c1ccc(C)s1)c1snnc1C(C)C. The standard InChI is InChI=1S/C13H19N3S2/c1-5-14-12(10-7-6-9(4)17-10)13-11(8(2)3)15-16-18-13/h6-8,12,14H,5H2,1-4H3. The molecule has 0 spiro atoms. The van der Waals surface area contributed by atoms with Gasteiger partial charge in [-0.15, -0.1) is 16.4 Å². The fourth-order valence-corrected chi connectivity index (χ4v) is 3.88. The van der Waals surface area contributed by atoms with Crippen molar-refractivity contribution in [2.45, 2.75) is 39.7 Å². The van der Waals surface area contributed by atoms with Gasteiger partial charge >= 0.3 is 0 Å². The van der Waals surface area contributed by atoms with Gasteiger partial charge in [0.15, 0.2) is 0 Å². The van der Waals surface area contributed by atoms with Crippen LogP contribution in [0.15, 0.2) is 12.1 Å². The summed E-state index contributed by atoms with van der Waals surface area (Å²) >= 11 is 3.36. The predicted octanol–water partition coefficient (Wildman–Crippen LogP) is 3.73. The van der Waals surface area contributed by atoms with Gasteiger partial charge in [-0.05, 0) is 43.1 Å². The molecule has 1 atom stereocenters. The Morgan fingerprint density at radius 2 is 2.11 bits per heavy atom. The molecule has 98 valence electrons. The summed E-state index contributed by atoms with van der Waals surface area (Å²) in [5.41, 5.74) is 1.12. The van der Waals surface area contributed by atoms with Gasteiger partial charge in [0.1, 0.15) is 0 Å². The normalized spacial score (nSPS) is 13.2. The second-order valence-electron chi connectivity index (χ2n) is 4.62. The van der Waals surface area contributed by atoms with E-state index in [9.17, 15) is 0 Å². The van der Waals surface area contributed by atoms with E-state index >= 15 is 0 Å². The molecule has 18 heavy (non-hydrogen) atoms. The molecule has 0 aliphatic carbocycles. The van der Waals surface area contributed by atoms with Crippen LogP contribution < -0.4 is 5.32 Å². The maximum atomic E-state index is 4.28. The van der Waals surface area contributed by atoms with Crippen molar-refractivity contribution in [1.29, 1.82) is 0 Å². The van der Waals surface area contributed by atoms with Crippen molar-refractivity contribution < 1.29 is 0 Å². The average molecular weight is 281 g/mol. The Kier molecular flexibility index (Phi) is 4.48. The van der Waals surface area contributed by atoms with Crippen LogP contribution in [-0.4, -0.2) is 16.1 Å². The second kappa shape index (κ2) is 5.91. The number of nitrogens with zero attached hydrogens (tertiary/aromatic N) is 2. The van der Waals surface area contributed by atoms with Gasteiger partial charge in [0, 0.05) is 9.75 Å². The van der Waals surface area contributed by atoms with Gasteiger partial charge in [-0.2, -0.15) is 0 Å². The number of aromatic nitrogens is 2. The monoisotopic (exact) mass is 281 g/mol. The molecular weight excluding hydrogens is 262 g/mol. The summed E-state index contributed by atoms with van der Waals surface area (Å²) in [4.78, 5) is 3.95. The molecule has 2 aromatic rings. The zero-order chi connectivity index (χ0) is 13.1. The largest absolute Gasteiger partial charge is 0.305 e. The second-order valence-corrected chi connectivity index (χ2v) is 6.72. The van der Waals surface area contributed by atoms with Crippen LogP contribution in [0, 0.1) is 6.92 Å². The summed E-state index contributed by atoms with van der Waals surface area (Å²) < 4.78 is 4.14. The van der Waals surface area contributed by atoms with Crippen molar-refractivity contribution in [3.8, 4) is 0 Å². The van der Waals surface area contributed by atoms with Gasteiger partial charge in [-0.3, -0.25) is 0 Å². The number of rotatable bonds is 5. The van der Waals surface area contributed by atoms with Crippen molar-refractivity contribution in [1.82, 2.24) is 14.9 Å². The van der Waals surface area contributed by atoms with Gasteiger partial charge in [-0.25, -0.2) is 0 Å². The summed E-state index contributed by atoms with van der Waals surface area (Å²) in [6.07, 6.45) is 0. The maximum Gasteiger partial charge on any atom is 0.0832 e. The Labute approximate surface area is 116 Å². The molecule has 0 radical (unpaired) electrons. The van der Waals surface area contributed by atoms with Crippen LogP contribution in [0.1, 0.15) is 53.1 Å². The maximum absolute atomic E-state index is 4.28. The van der Waals surface area contributed by atoms with E-state index in [2.05, 4.69) is 54.7 Å². The molecule has 1 unspecified atom stereocenters. The Hall–Kier alpha value is -0.780. The van der Waals surface area contributed by atoms with Gasteiger partial charge in [0.25, 0.3) is 0 Å². The Balaban J connectivity index is 2.38. The smallest absolute Gasteiger partial charge is 0.0832 e. The highest BCUT2D eigenvalue weighted by Gasteiger charge is 2.23. The predicted molar refractivity (Wildman–Crippen MR) is 78.6 cm³/mol. The van der Waals surface area contributed by atoms with E-state index in [1.54, 1.807) is 0 Å². The molecule has 2 heterocycles. The Morgan fingerprint density at radius 3 is 2.67 bits per heavy atom. The summed E-state index contributed by atoms with van der Waals surface area (Å²) in [5, 5.41) is 7.84. The number of aryl methyl sites for hydroxylation is 1. The molecule has 1 N–H and O–H groups in total. The van der Waals surface area contributed by atoms with E-state index in [4.69, 9.17) is 0 Å². The van der Waals surface area contributed by atoms with Crippen LogP contribution in [0.5, 0.6) is 0 Å². The number of thiophene rings is 1. The first-order valence-electron chi connectivity index (χ1n) is 6.25. The van der Waals surface area contributed by atoms with Crippen LogP contribution >= 0.6 is 22.9 Å². The summed E-state index contributed by atoms with van der Waals surface area (Å²) in [6.45, 7) is 9.56. The van der Waals surface area contributed by atoms with Crippen molar-refractivity contribution in [2.24, 2.45) is 0 Å². The van der Waals surface area contributed by atoms with Gasteiger partial charge < -0.3 is 5.32 Å². The Morgan fingerprint density at radius 1 is 1.33 bits per heavy atom. The first-order chi connectivity index (χ1) is 8.63. The summed E-state index contributed by atoms with van der Waals surface area (Å²) in [6, 6.07) is 4.62. The minimum atomic E-state index is 0.242. The van der Waals surface area contributed by atoms with Crippen LogP contribution in [0.2, 0.25) is 0 Å². The van der Waals surface area contributed by atoms with Crippen molar-refractivity contribution in [2.75, 3.05) is 6.54 Å². The van der Waals surface area contributed by atoms with Crippen LogP contribution in [0.3, 0.4) is 0 Å². The first kappa shape index (κ1) is 13.6. The van der Waals surface area contributed by atoms with E-state index in [-0.39, 0.29) is 6.04 Å². The molecule has 2 rings (SSSR count). The molecule has 5 heteroatoms. The minimum absolute atomic E-state index is 0.242. The molecule has 0 aromatic carbocycles. The van der Waals surface area contributed by atoms with Crippen molar-refractivity contribution >= 4 is 22.9 Å². The summed E-state index contributed by atoms with van der Waals surface area (Å²) in [5.74, 6) is 0.418. The molecule has 0 aliphatic heterocycles. The molecule has 3 nitrogen and oxygen atoms in total. The molecule has 0 fully saturated rings. The lowest BCUT2D eigenvalue weighted by Gasteiger charge is -2.16. The fraction of sp³-hybridized carbons (Fsp3) is 0.538. The number of nitrogens with one attached hydrogen (secondary N) is 1. The van der Waals surface area contributed by atoms with Gasteiger partial charge in [0.2, 0.25) is 0 Å². The van der Waals surface area contributed by atoms with Gasteiger partial charge in [-0.1, -0.05) is 25.3 Å². The molecule has 2 aromatic heterocycles. The van der Waals surface area contributed by atoms with E-state index in [0.717, 1.165) is 12.2 Å². The minimum Gasteiger partial charge on any atom is -0.305 e. The molecule has 0 amide bonds. The molecular formula is C13H19N3S2. The zero-order valence-electron chi connectivity index (χ0n) is 11.2. The Bertz CT molecular complexity index is 502. The lowest BCUT2D eigenvalue weighted by atomic mass is 10.1. The lowest BCUT2D eigenvalue weighted by Crippen LogP contribution is -2.21. The van der Waals surface area contributed by atoms with Crippen LogP contribution in [-0.2, 0) is 0 Å². The van der Waals surface area contributed by atoms with Crippen LogP contribution in [0.25, 0.3) is 0 Å². The molecule has 0 saturated carbocycles. The highest BCUT2D eigenvalue weighted by Crippen LogP contribution is 2.33. The summed E-state index contributed by atoms with van der Waals surface area (Å²) in [7, 11) is 0. The van der Waals surface area contributed by atoms with Crippen molar-refractivity contribution in [3.05, 3.63) is 32.5 Å². The fourth-order valence-electron chi connectivity index (χ4n) is 1.94. The lowest BCUT2D eigenvalue weighted by molar-refractivity contribution is 0.634. The van der Waals surface area contributed by atoms with Crippen molar-refractivity contribution in [3.63, 3.8) is 0 Å². The first-order valence-corrected chi connectivity index (χ1v) is 7.84. The van der Waals surface area contributed by atoms with Crippen LogP contribution in [0.4, 0.5) is 0 Å². The molecule has 0 saturated heterocycles. The van der Waals surface area contributed by atoms with E-state index < -0.39 is 0 Å². The van der Waals surface area contributed by atoms with Gasteiger partial charge in [0.05, 0.1) is 16.6 Å². The topological polar surface area (TPSA) is 37.8 Å². The number of hydrogen-bond acceptors (Lipinski definition) is 5. The third kappa shape index (κ3) is 2.79. The van der Waals surface area contributed by atoms with E-state index in [0.29, 0.717) is 5.92 Å². The zero-order valence-corrected chi connectivity index (χ0v) is 12.9. The van der Waals surface area contributed by atoms with E-state index in [1.165, 1.54) is 26.2 Å². The molecule has 0 bridgehead atoms. The van der Waals surface area contributed by atoms with E-state index in [1.807, 2.05) is 11.3 Å². The quantitative estimate of drug-likeness (QED) is 0.907. The average Bonchev–Trinajstić information content (AvgIpc) is 2.94. The third-order valence-electron chi connectivity index (χ3n) is 2.80.